The van der Waals surface area contributed by atoms with Crippen molar-refractivity contribution in [1.29, 1.82) is 5.53 Å². The molecule has 3 N–H and O–H groups in total. The summed E-state index contributed by atoms with van der Waals surface area (Å²) >= 11 is 0. The first-order chi connectivity index (χ1) is 9.60. The van der Waals surface area contributed by atoms with Crippen molar-refractivity contribution in [3.8, 4) is 0 Å². The summed E-state index contributed by atoms with van der Waals surface area (Å²) < 4.78 is 0. The van der Waals surface area contributed by atoms with Gasteiger partial charge in [0, 0.05) is 12.7 Å². The van der Waals surface area contributed by atoms with Crippen LogP contribution in [0.2, 0.25) is 0 Å². The first-order valence-electron chi connectivity index (χ1n) is 5.91. The largest absolute Gasteiger partial charge is 0.385 e. The van der Waals surface area contributed by atoms with Crippen LogP contribution in [-0.2, 0) is 11.3 Å². The van der Waals surface area contributed by atoms with E-state index in [-0.39, 0.29) is 11.4 Å². The highest BCUT2D eigenvalue weighted by molar-refractivity contribution is 6.51. The van der Waals surface area contributed by atoms with Gasteiger partial charge in [-0.1, -0.05) is 29.7 Å². The highest BCUT2D eigenvalue weighted by Gasteiger charge is 2.26. The molecule has 2 rings (SSSR count). The fourth-order valence-corrected chi connectivity index (χ4v) is 1.64. The molecule has 1 heterocycles. The highest BCUT2D eigenvalue weighted by Crippen LogP contribution is 2.05. The molecule has 0 saturated carbocycles. The van der Waals surface area contributed by atoms with Gasteiger partial charge in [-0.2, -0.15) is 10.1 Å². The number of urea groups is 1. The quantitative estimate of drug-likeness (QED) is 0.500. The number of amides is 3. The number of nitrogens with one attached hydrogen (secondary N) is 3. The molecule has 1 aliphatic heterocycles. The SMILES string of the molecule is Bc1ccc(CN/C=C(\N=N)C2=NC(=O)NC2=O)cc1. The molecule has 100 valence electrons. The number of rotatable bonds is 5. The molecule has 0 bridgehead atoms. The summed E-state index contributed by atoms with van der Waals surface area (Å²) in [4.78, 5) is 25.8. The van der Waals surface area contributed by atoms with Gasteiger partial charge < -0.3 is 5.32 Å². The van der Waals surface area contributed by atoms with Crippen molar-refractivity contribution in [2.24, 2.45) is 10.1 Å². The molecule has 8 heteroatoms. The number of carbonyl (C=O) groups excluding carboxylic acids is 2. The lowest BCUT2D eigenvalue weighted by Gasteiger charge is -2.03. The van der Waals surface area contributed by atoms with Crippen molar-refractivity contribution in [2.45, 2.75) is 6.54 Å². The predicted octanol–water partition coefficient (Wildman–Crippen LogP) is -0.402. The molecule has 0 spiro atoms. The van der Waals surface area contributed by atoms with Crippen LogP contribution in [0.25, 0.3) is 0 Å². The van der Waals surface area contributed by atoms with E-state index in [0.717, 1.165) is 5.56 Å². The minimum absolute atomic E-state index is 0.0143. The Kier molecular flexibility index (Phi) is 4.04. The van der Waals surface area contributed by atoms with Crippen LogP contribution in [-0.4, -0.2) is 25.5 Å². The predicted molar refractivity (Wildman–Crippen MR) is 75.7 cm³/mol. The van der Waals surface area contributed by atoms with E-state index in [9.17, 15) is 9.59 Å². The zero-order chi connectivity index (χ0) is 14.5. The molecule has 3 amide bonds. The molecule has 0 fully saturated rings. The second kappa shape index (κ2) is 5.92. The molecule has 0 atom stereocenters. The van der Waals surface area contributed by atoms with Crippen molar-refractivity contribution >= 4 is 31.0 Å². The monoisotopic (exact) mass is 269 g/mol. The summed E-state index contributed by atoms with van der Waals surface area (Å²) in [7, 11) is 2.00. The van der Waals surface area contributed by atoms with E-state index < -0.39 is 11.9 Å². The molecule has 20 heavy (non-hydrogen) atoms. The molecule has 7 nitrogen and oxygen atoms in total. The Morgan fingerprint density at radius 1 is 1.40 bits per heavy atom. The maximum Gasteiger partial charge on any atom is 0.348 e. The van der Waals surface area contributed by atoms with Crippen molar-refractivity contribution < 1.29 is 9.59 Å². The third-order valence-corrected chi connectivity index (χ3v) is 2.68. The molecule has 1 aromatic carbocycles. The summed E-state index contributed by atoms with van der Waals surface area (Å²) in [5.74, 6) is -0.644. The van der Waals surface area contributed by atoms with Gasteiger partial charge in [0.25, 0.3) is 5.91 Å². The van der Waals surface area contributed by atoms with Gasteiger partial charge in [0.15, 0.2) is 5.71 Å². The Bertz CT molecular complexity index is 621. The second-order valence-corrected chi connectivity index (χ2v) is 4.23. The summed E-state index contributed by atoms with van der Waals surface area (Å²) in [5, 5.41) is 8.14. The van der Waals surface area contributed by atoms with Crippen LogP contribution < -0.4 is 16.1 Å². The van der Waals surface area contributed by atoms with Gasteiger partial charge in [-0.15, -0.1) is 0 Å². The van der Waals surface area contributed by atoms with Crippen LogP contribution in [0.5, 0.6) is 0 Å². The van der Waals surface area contributed by atoms with Crippen LogP contribution in [0.3, 0.4) is 0 Å². The zero-order valence-corrected chi connectivity index (χ0v) is 10.8. The molecule has 0 unspecified atom stereocenters. The molecule has 0 radical (unpaired) electrons. The highest BCUT2D eigenvalue weighted by atomic mass is 16.2. The molecule has 0 aromatic heterocycles. The van der Waals surface area contributed by atoms with Gasteiger partial charge in [-0.3, -0.25) is 10.1 Å². The first kappa shape index (κ1) is 13.7. The molecule has 1 aromatic rings. The lowest BCUT2D eigenvalue weighted by Crippen LogP contribution is -2.26. The van der Waals surface area contributed by atoms with E-state index in [1.54, 1.807) is 0 Å². The fraction of sp³-hybridized carbons (Fsp3) is 0.0833. The number of carbonyl (C=O) groups is 2. The van der Waals surface area contributed by atoms with Gasteiger partial charge in [0.1, 0.15) is 13.5 Å². The van der Waals surface area contributed by atoms with Crippen molar-refractivity contribution in [3.63, 3.8) is 0 Å². The Morgan fingerprint density at radius 2 is 2.10 bits per heavy atom. The molecule has 0 saturated heterocycles. The Morgan fingerprint density at radius 3 is 2.65 bits per heavy atom. The van der Waals surface area contributed by atoms with Gasteiger partial charge in [0.2, 0.25) is 0 Å². The van der Waals surface area contributed by atoms with Gasteiger partial charge >= 0.3 is 6.03 Å². The Balaban J connectivity index is 2.03. The standard InChI is InChI=1S/C12H12BN5O2/c13-8-3-1-7(2-4-8)5-15-6-9(18-14)10-11(19)17-12(20)16-10/h1-4,6,14-15H,5,13H2,(H,17,19,20)/b9-6-,18-14?. The van der Waals surface area contributed by atoms with E-state index in [0.29, 0.717) is 6.54 Å². The molecular formula is C12H12BN5O2. The maximum atomic E-state index is 11.4. The molecule has 1 aliphatic rings. The number of aliphatic imine (C=N–C) groups is 1. The lowest BCUT2D eigenvalue weighted by atomic mass is 9.95. The summed E-state index contributed by atoms with van der Waals surface area (Å²) in [6, 6.07) is 7.18. The topological polar surface area (TPSA) is 107 Å². The third-order valence-electron chi connectivity index (χ3n) is 2.68. The number of hydrogen-bond donors (Lipinski definition) is 3. The Hall–Kier alpha value is -2.77. The lowest BCUT2D eigenvalue weighted by molar-refractivity contribution is -0.113. The van der Waals surface area contributed by atoms with Crippen LogP contribution in [0.1, 0.15) is 5.56 Å². The van der Waals surface area contributed by atoms with E-state index in [1.807, 2.05) is 37.4 Å². The summed E-state index contributed by atoms with van der Waals surface area (Å²) in [6.07, 6.45) is 1.39. The summed E-state index contributed by atoms with van der Waals surface area (Å²) in [5.41, 5.74) is 9.11. The number of hydrogen-bond acceptors (Lipinski definition) is 5. The number of benzene rings is 1. The van der Waals surface area contributed by atoms with Crippen molar-refractivity contribution in [1.82, 2.24) is 10.6 Å². The normalized spacial score (nSPS) is 14.8. The van der Waals surface area contributed by atoms with Gasteiger partial charge in [0.05, 0.1) is 0 Å². The number of nitrogens with zero attached hydrogens (tertiary/aromatic N) is 2. The second-order valence-electron chi connectivity index (χ2n) is 4.23. The minimum Gasteiger partial charge on any atom is -0.385 e. The van der Waals surface area contributed by atoms with E-state index >= 15 is 0 Å². The van der Waals surface area contributed by atoms with Crippen LogP contribution in [0.4, 0.5) is 4.79 Å². The van der Waals surface area contributed by atoms with E-state index in [4.69, 9.17) is 5.53 Å². The molecular weight excluding hydrogens is 257 g/mol. The van der Waals surface area contributed by atoms with Crippen LogP contribution in [0, 0.1) is 5.53 Å². The maximum absolute atomic E-state index is 11.4. The first-order valence-corrected chi connectivity index (χ1v) is 5.91. The van der Waals surface area contributed by atoms with Gasteiger partial charge in [-0.25, -0.2) is 10.3 Å². The van der Waals surface area contributed by atoms with E-state index in [2.05, 4.69) is 15.4 Å². The zero-order valence-electron chi connectivity index (χ0n) is 10.8. The van der Waals surface area contributed by atoms with Crippen molar-refractivity contribution in [2.75, 3.05) is 0 Å². The third kappa shape index (κ3) is 3.16. The minimum atomic E-state index is -0.738. The summed E-state index contributed by atoms with van der Waals surface area (Å²) in [6.45, 7) is 0.516. The van der Waals surface area contributed by atoms with Gasteiger partial charge in [-0.05, 0) is 5.56 Å². The smallest absolute Gasteiger partial charge is 0.348 e. The van der Waals surface area contributed by atoms with Crippen LogP contribution >= 0.6 is 0 Å². The average molecular weight is 269 g/mol. The van der Waals surface area contributed by atoms with Crippen molar-refractivity contribution in [3.05, 3.63) is 41.7 Å². The fourth-order valence-electron chi connectivity index (χ4n) is 1.64. The average Bonchev–Trinajstić information content (AvgIpc) is 2.76. The number of imide groups is 1. The van der Waals surface area contributed by atoms with E-state index in [1.165, 1.54) is 11.7 Å². The molecule has 0 aliphatic carbocycles. The Labute approximate surface area is 116 Å². The van der Waals surface area contributed by atoms with Crippen LogP contribution in [0.15, 0.2) is 46.3 Å².